The number of nitrogens with one attached hydrogen (secondary N) is 3. The highest BCUT2D eigenvalue weighted by atomic mass is 16.2. The molecule has 0 fully saturated rings. The van der Waals surface area contributed by atoms with Crippen LogP contribution in [0.3, 0.4) is 0 Å². The number of rotatable bonds is 18. The van der Waals surface area contributed by atoms with Crippen molar-refractivity contribution in [3.8, 4) is 0 Å². The highest BCUT2D eigenvalue weighted by Crippen LogP contribution is 1.97. The van der Waals surface area contributed by atoms with Gasteiger partial charge in [0.25, 0.3) is 0 Å². The van der Waals surface area contributed by atoms with E-state index in [1.165, 1.54) is 9.80 Å². The van der Waals surface area contributed by atoms with Crippen LogP contribution in [0.5, 0.6) is 0 Å². The van der Waals surface area contributed by atoms with E-state index in [0.717, 1.165) is 5.71 Å². The molecule has 0 aromatic heterocycles. The fraction of sp³-hybridized carbons (Fsp3) is 0.750. The first-order chi connectivity index (χ1) is 17.1. The molecular formula is C24H45N7O5. The average Bonchev–Trinajstić information content (AvgIpc) is 2.88. The molecule has 206 valence electrons. The molecule has 12 nitrogen and oxygen atoms in total. The minimum absolute atomic E-state index is 0.0315. The predicted molar refractivity (Wildman–Crippen MR) is 140 cm³/mol. The van der Waals surface area contributed by atoms with Crippen LogP contribution in [-0.2, 0) is 24.0 Å². The highest BCUT2D eigenvalue weighted by Gasteiger charge is 2.18. The summed E-state index contributed by atoms with van der Waals surface area (Å²) in [5, 5.41) is 8.42. The molecule has 0 aromatic carbocycles. The summed E-state index contributed by atoms with van der Waals surface area (Å²) in [6, 6.07) is 0. The van der Waals surface area contributed by atoms with Gasteiger partial charge in [0.1, 0.15) is 0 Å². The average molecular weight is 512 g/mol. The van der Waals surface area contributed by atoms with Gasteiger partial charge in [-0.2, -0.15) is 0 Å². The van der Waals surface area contributed by atoms with E-state index in [2.05, 4.69) is 20.9 Å². The summed E-state index contributed by atoms with van der Waals surface area (Å²) < 4.78 is 0. The van der Waals surface area contributed by atoms with Gasteiger partial charge >= 0.3 is 0 Å². The summed E-state index contributed by atoms with van der Waals surface area (Å²) in [7, 11) is 3.44. The lowest BCUT2D eigenvalue weighted by Crippen LogP contribution is -2.47. The van der Waals surface area contributed by atoms with Gasteiger partial charge < -0.3 is 30.7 Å². The molecule has 0 rings (SSSR count). The van der Waals surface area contributed by atoms with E-state index in [0.29, 0.717) is 39.0 Å². The molecule has 12 heteroatoms. The largest absolute Gasteiger partial charge is 0.353 e. The summed E-state index contributed by atoms with van der Waals surface area (Å²) in [5.41, 5.74) is 0.814. The van der Waals surface area contributed by atoms with Gasteiger partial charge in [0, 0.05) is 71.3 Å². The zero-order valence-electron chi connectivity index (χ0n) is 22.8. The molecule has 0 aliphatic carbocycles. The van der Waals surface area contributed by atoms with E-state index in [1.807, 2.05) is 6.92 Å². The summed E-state index contributed by atoms with van der Waals surface area (Å²) >= 11 is 0. The lowest BCUT2D eigenvalue weighted by Gasteiger charge is -2.24. The van der Waals surface area contributed by atoms with E-state index in [1.54, 1.807) is 39.8 Å². The second kappa shape index (κ2) is 19.2. The van der Waals surface area contributed by atoms with Gasteiger partial charge in [-0.1, -0.05) is 20.8 Å². The molecule has 0 bridgehead atoms. The van der Waals surface area contributed by atoms with Gasteiger partial charge in [0.15, 0.2) is 0 Å². The summed E-state index contributed by atoms with van der Waals surface area (Å²) in [6.45, 7) is 9.15. The fourth-order valence-electron chi connectivity index (χ4n) is 3.26. The Morgan fingerprint density at radius 2 is 1.00 bits per heavy atom. The van der Waals surface area contributed by atoms with Gasteiger partial charge in [0.05, 0.1) is 19.6 Å². The molecule has 0 atom stereocenters. The van der Waals surface area contributed by atoms with Crippen molar-refractivity contribution in [1.29, 1.82) is 0 Å². The van der Waals surface area contributed by atoms with Gasteiger partial charge in [-0.25, -0.2) is 0 Å². The van der Waals surface area contributed by atoms with Gasteiger partial charge in [0.2, 0.25) is 29.5 Å². The van der Waals surface area contributed by atoms with Crippen LogP contribution in [0.25, 0.3) is 0 Å². The maximum absolute atomic E-state index is 12.5. The predicted octanol–water partition coefficient (Wildman–Crippen LogP) is -0.755. The Hall–Kier alpha value is -3.02. The number of hydrogen-bond donors (Lipinski definition) is 3. The SMILES string of the molecule is CCC(=O)N(CCNC)CC(=O)NCCN(CC(=O)NCCN(CC(C)=NC)C(=O)CC)C(=O)CC. The molecular weight excluding hydrogens is 466 g/mol. The monoisotopic (exact) mass is 511 g/mol. The Morgan fingerprint density at radius 3 is 1.33 bits per heavy atom. The lowest BCUT2D eigenvalue weighted by atomic mass is 10.3. The van der Waals surface area contributed by atoms with Crippen LogP contribution in [-0.4, -0.2) is 123 Å². The number of amides is 5. The van der Waals surface area contributed by atoms with E-state index >= 15 is 0 Å². The molecule has 0 aromatic rings. The molecule has 0 saturated heterocycles. The van der Waals surface area contributed by atoms with Crippen molar-refractivity contribution in [2.45, 2.75) is 47.0 Å². The Labute approximate surface area is 215 Å². The number of carbonyl (C=O) groups excluding carboxylic acids is 5. The normalized spacial score (nSPS) is 11.0. The van der Waals surface area contributed by atoms with Crippen molar-refractivity contribution in [2.75, 3.05) is 73.0 Å². The van der Waals surface area contributed by atoms with Crippen LogP contribution in [0.2, 0.25) is 0 Å². The van der Waals surface area contributed by atoms with Crippen molar-refractivity contribution in [3.63, 3.8) is 0 Å². The number of aliphatic imine (C=N–C) groups is 1. The van der Waals surface area contributed by atoms with Crippen LogP contribution < -0.4 is 16.0 Å². The highest BCUT2D eigenvalue weighted by molar-refractivity contribution is 5.88. The molecule has 3 N–H and O–H groups in total. The molecule has 0 spiro atoms. The summed E-state index contributed by atoms with van der Waals surface area (Å²) in [5.74, 6) is -1.03. The van der Waals surface area contributed by atoms with E-state index in [-0.39, 0.29) is 68.7 Å². The lowest BCUT2D eigenvalue weighted by molar-refractivity contribution is -0.136. The quantitative estimate of drug-likeness (QED) is 0.207. The van der Waals surface area contributed by atoms with Crippen LogP contribution in [0.15, 0.2) is 4.99 Å². The minimum Gasteiger partial charge on any atom is -0.353 e. The Morgan fingerprint density at radius 1 is 0.639 bits per heavy atom. The van der Waals surface area contributed by atoms with E-state index < -0.39 is 0 Å². The third kappa shape index (κ3) is 13.8. The van der Waals surface area contributed by atoms with Crippen molar-refractivity contribution in [2.24, 2.45) is 4.99 Å². The fourth-order valence-corrected chi connectivity index (χ4v) is 3.26. The van der Waals surface area contributed by atoms with Crippen LogP contribution >= 0.6 is 0 Å². The molecule has 5 amide bonds. The van der Waals surface area contributed by atoms with Crippen molar-refractivity contribution in [1.82, 2.24) is 30.7 Å². The van der Waals surface area contributed by atoms with Gasteiger partial charge in [-0.15, -0.1) is 0 Å². The van der Waals surface area contributed by atoms with Gasteiger partial charge in [-0.05, 0) is 14.0 Å². The van der Waals surface area contributed by atoms with Gasteiger partial charge in [-0.3, -0.25) is 29.0 Å². The zero-order valence-corrected chi connectivity index (χ0v) is 22.8. The minimum atomic E-state index is -0.348. The summed E-state index contributed by atoms with van der Waals surface area (Å²) in [4.78, 5) is 69.8. The van der Waals surface area contributed by atoms with Crippen LogP contribution in [0.1, 0.15) is 47.0 Å². The third-order valence-corrected chi connectivity index (χ3v) is 5.48. The van der Waals surface area contributed by atoms with Crippen molar-refractivity contribution in [3.05, 3.63) is 0 Å². The molecule has 0 heterocycles. The maximum atomic E-state index is 12.5. The number of likely N-dealkylation sites (N-methyl/N-ethyl adjacent to an activating group) is 1. The van der Waals surface area contributed by atoms with Crippen molar-refractivity contribution < 1.29 is 24.0 Å². The number of hydrogen-bond acceptors (Lipinski definition) is 7. The molecule has 0 saturated carbocycles. The second-order valence-corrected chi connectivity index (χ2v) is 8.27. The van der Waals surface area contributed by atoms with Crippen molar-refractivity contribution >= 4 is 35.2 Å². The zero-order chi connectivity index (χ0) is 27.5. The standard InChI is InChI=1S/C24H45N7O5/c1-7-22(34)29(16-19(4)26-6)14-11-27-21(33)18-31(24(36)9-3)15-12-28-20(32)17-30(13-10-25-5)23(35)8-2/h25H,7-18H2,1-6H3,(H,27,33)(H,28,32). The maximum Gasteiger partial charge on any atom is 0.239 e. The molecule has 0 aliphatic rings. The topological polar surface area (TPSA) is 144 Å². The number of carbonyl (C=O) groups is 5. The Kier molecular flexibility index (Phi) is 17.6. The first-order valence-corrected chi connectivity index (χ1v) is 12.6. The first kappa shape index (κ1) is 33.0. The third-order valence-electron chi connectivity index (χ3n) is 5.48. The Balaban J connectivity index is 4.74. The van der Waals surface area contributed by atoms with Crippen LogP contribution in [0.4, 0.5) is 0 Å². The molecule has 0 radical (unpaired) electrons. The molecule has 36 heavy (non-hydrogen) atoms. The van der Waals surface area contributed by atoms with E-state index in [4.69, 9.17) is 0 Å². The number of nitrogens with zero attached hydrogens (tertiary/aromatic N) is 4. The summed E-state index contributed by atoms with van der Waals surface area (Å²) in [6.07, 6.45) is 0.884. The smallest absolute Gasteiger partial charge is 0.239 e. The molecule has 0 aliphatic heterocycles. The molecule has 0 unspecified atom stereocenters. The first-order valence-electron chi connectivity index (χ1n) is 12.6. The Bertz CT molecular complexity index is 757. The van der Waals surface area contributed by atoms with Crippen LogP contribution in [0, 0.1) is 0 Å². The van der Waals surface area contributed by atoms with E-state index in [9.17, 15) is 24.0 Å². The second-order valence-electron chi connectivity index (χ2n) is 8.27.